The van der Waals surface area contributed by atoms with Gasteiger partial charge in [0.05, 0.1) is 24.9 Å². The van der Waals surface area contributed by atoms with Crippen molar-refractivity contribution in [3.8, 4) is 0 Å². The standard InChI is InChI=1S/C16H13ClN2O2S/c17-12-1-2-15-13(6-12)11(9-22-15)5-16(21)19-14-7-18-4-3-10(14)8-20/h1-4,6-7,9,20H,5,8H2,(H,19,21). The highest BCUT2D eigenvalue weighted by Gasteiger charge is 2.11. The number of fused-ring (bicyclic) bond motifs is 1. The Morgan fingerprint density at radius 2 is 2.18 bits per heavy atom. The zero-order chi connectivity index (χ0) is 15.5. The van der Waals surface area contributed by atoms with E-state index in [2.05, 4.69) is 10.3 Å². The smallest absolute Gasteiger partial charge is 0.228 e. The number of aromatic nitrogens is 1. The van der Waals surface area contributed by atoms with Crippen LogP contribution in [0.1, 0.15) is 11.1 Å². The van der Waals surface area contributed by atoms with Gasteiger partial charge < -0.3 is 10.4 Å². The highest BCUT2D eigenvalue weighted by atomic mass is 35.5. The second-order valence-electron chi connectivity index (χ2n) is 4.82. The molecule has 1 amide bonds. The SMILES string of the molecule is O=C(Cc1csc2ccc(Cl)cc12)Nc1cnccc1CO. The van der Waals surface area contributed by atoms with E-state index in [1.807, 2.05) is 23.6 Å². The number of halogens is 1. The van der Waals surface area contributed by atoms with Gasteiger partial charge in [-0.25, -0.2) is 0 Å². The minimum absolute atomic E-state index is 0.144. The first kappa shape index (κ1) is 15.0. The van der Waals surface area contributed by atoms with Gasteiger partial charge >= 0.3 is 0 Å². The lowest BCUT2D eigenvalue weighted by Gasteiger charge is -2.08. The molecule has 0 unspecified atom stereocenters. The fraction of sp³-hybridized carbons (Fsp3) is 0.125. The zero-order valence-electron chi connectivity index (χ0n) is 11.5. The monoisotopic (exact) mass is 332 g/mol. The number of thiophene rings is 1. The Labute approximate surface area is 136 Å². The van der Waals surface area contributed by atoms with E-state index in [0.29, 0.717) is 16.3 Å². The lowest BCUT2D eigenvalue weighted by atomic mass is 10.1. The molecule has 22 heavy (non-hydrogen) atoms. The summed E-state index contributed by atoms with van der Waals surface area (Å²) >= 11 is 7.61. The molecule has 0 spiro atoms. The van der Waals surface area contributed by atoms with E-state index in [4.69, 9.17) is 11.6 Å². The van der Waals surface area contributed by atoms with Gasteiger partial charge in [0.15, 0.2) is 0 Å². The highest BCUT2D eigenvalue weighted by molar-refractivity contribution is 7.17. The molecule has 0 saturated heterocycles. The van der Waals surface area contributed by atoms with E-state index >= 15 is 0 Å². The maximum Gasteiger partial charge on any atom is 0.228 e. The van der Waals surface area contributed by atoms with E-state index in [1.54, 1.807) is 23.6 Å². The van der Waals surface area contributed by atoms with Crippen molar-refractivity contribution in [2.75, 3.05) is 5.32 Å². The molecule has 0 radical (unpaired) electrons. The van der Waals surface area contributed by atoms with Crippen LogP contribution in [0.3, 0.4) is 0 Å². The van der Waals surface area contributed by atoms with Crippen LogP contribution in [-0.2, 0) is 17.8 Å². The van der Waals surface area contributed by atoms with Crippen molar-refractivity contribution in [3.05, 3.63) is 58.2 Å². The predicted octanol–water partition coefficient (Wildman–Crippen LogP) is 3.62. The molecule has 3 rings (SSSR count). The molecule has 2 N–H and O–H groups in total. The molecule has 0 atom stereocenters. The van der Waals surface area contributed by atoms with E-state index in [9.17, 15) is 9.90 Å². The van der Waals surface area contributed by atoms with Gasteiger partial charge in [0.1, 0.15) is 0 Å². The van der Waals surface area contributed by atoms with E-state index in [1.165, 1.54) is 6.20 Å². The number of nitrogens with zero attached hydrogens (tertiary/aromatic N) is 1. The second-order valence-corrected chi connectivity index (χ2v) is 6.16. The third-order valence-electron chi connectivity index (χ3n) is 3.32. The van der Waals surface area contributed by atoms with Gasteiger partial charge in [-0.3, -0.25) is 9.78 Å². The topological polar surface area (TPSA) is 62.2 Å². The third-order valence-corrected chi connectivity index (χ3v) is 4.57. The Hall–Kier alpha value is -1.95. The van der Waals surface area contributed by atoms with Crippen molar-refractivity contribution in [2.45, 2.75) is 13.0 Å². The Morgan fingerprint density at radius 1 is 1.32 bits per heavy atom. The lowest BCUT2D eigenvalue weighted by molar-refractivity contribution is -0.115. The van der Waals surface area contributed by atoms with Crippen molar-refractivity contribution < 1.29 is 9.90 Å². The summed E-state index contributed by atoms with van der Waals surface area (Å²) in [5.41, 5.74) is 2.11. The number of carbonyl (C=O) groups excluding carboxylic acids is 1. The summed E-state index contributed by atoms with van der Waals surface area (Å²) in [4.78, 5) is 16.2. The minimum atomic E-state index is -0.151. The maximum absolute atomic E-state index is 12.2. The highest BCUT2D eigenvalue weighted by Crippen LogP contribution is 2.29. The van der Waals surface area contributed by atoms with Crippen LogP contribution in [0.15, 0.2) is 42.0 Å². The normalized spacial score (nSPS) is 10.8. The summed E-state index contributed by atoms with van der Waals surface area (Å²) in [7, 11) is 0. The average Bonchev–Trinajstić information content (AvgIpc) is 2.90. The summed E-state index contributed by atoms with van der Waals surface area (Å²) in [6.45, 7) is -0.144. The number of aliphatic hydroxyl groups excluding tert-OH is 1. The molecule has 6 heteroatoms. The van der Waals surface area contributed by atoms with E-state index in [-0.39, 0.29) is 18.9 Å². The van der Waals surface area contributed by atoms with E-state index < -0.39 is 0 Å². The average molecular weight is 333 g/mol. The summed E-state index contributed by atoms with van der Waals surface area (Å²) in [5, 5.41) is 15.7. The van der Waals surface area contributed by atoms with Crippen LogP contribution in [0.2, 0.25) is 5.02 Å². The first-order chi connectivity index (χ1) is 10.7. The lowest BCUT2D eigenvalue weighted by Crippen LogP contribution is -2.15. The number of amides is 1. The van der Waals surface area contributed by atoms with Gasteiger partial charge in [-0.2, -0.15) is 0 Å². The molecule has 0 bridgehead atoms. The maximum atomic E-state index is 12.2. The molecule has 0 aliphatic heterocycles. The molecule has 112 valence electrons. The molecular weight excluding hydrogens is 320 g/mol. The predicted molar refractivity (Wildman–Crippen MR) is 89.3 cm³/mol. The van der Waals surface area contributed by atoms with Gasteiger partial charge in [-0.1, -0.05) is 11.6 Å². The molecule has 1 aromatic carbocycles. The fourth-order valence-corrected chi connectivity index (χ4v) is 3.35. The Balaban J connectivity index is 1.80. The number of pyridine rings is 1. The first-order valence-corrected chi connectivity index (χ1v) is 7.92. The molecule has 4 nitrogen and oxygen atoms in total. The molecule has 0 saturated carbocycles. The van der Waals surface area contributed by atoms with Crippen LogP contribution in [0.5, 0.6) is 0 Å². The number of carbonyl (C=O) groups is 1. The van der Waals surface area contributed by atoms with Crippen molar-refractivity contribution in [1.29, 1.82) is 0 Å². The van der Waals surface area contributed by atoms with Crippen molar-refractivity contribution in [3.63, 3.8) is 0 Å². The minimum Gasteiger partial charge on any atom is -0.392 e. The zero-order valence-corrected chi connectivity index (χ0v) is 13.1. The van der Waals surface area contributed by atoms with Crippen molar-refractivity contribution >= 4 is 44.6 Å². The van der Waals surface area contributed by atoms with Crippen LogP contribution in [0.25, 0.3) is 10.1 Å². The van der Waals surface area contributed by atoms with Gasteiger partial charge in [0.2, 0.25) is 5.91 Å². The summed E-state index contributed by atoms with van der Waals surface area (Å²) in [6, 6.07) is 7.34. The second kappa shape index (κ2) is 6.44. The number of nitrogens with one attached hydrogen (secondary N) is 1. The number of hydrogen-bond acceptors (Lipinski definition) is 4. The van der Waals surface area contributed by atoms with Crippen molar-refractivity contribution in [2.24, 2.45) is 0 Å². The van der Waals surface area contributed by atoms with Crippen LogP contribution in [0.4, 0.5) is 5.69 Å². The van der Waals surface area contributed by atoms with E-state index in [0.717, 1.165) is 15.6 Å². The van der Waals surface area contributed by atoms with Gasteiger partial charge in [-0.05, 0) is 40.6 Å². The van der Waals surface area contributed by atoms with Crippen LogP contribution in [0, 0.1) is 0 Å². The quantitative estimate of drug-likeness (QED) is 0.767. The van der Waals surface area contributed by atoms with Gasteiger partial charge in [0.25, 0.3) is 0 Å². The first-order valence-electron chi connectivity index (χ1n) is 6.66. The fourth-order valence-electron chi connectivity index (χ4n) is 2.23. The van der Waals surface area contributed by atoms with Crippen LogP contribution in [-0.4, -0.2) is 16.0 Å². The van der Waals surface area contributed by atoms with Crippen molar-refractivity contribution in [1.82, 2.24) is 4.98 Å². The van der Waals surface area contributed by atoms with Crippen LogP contribution >= 0.6 is 22.9 Å². The molecule has 0 fully saturated rings. The molecular formula is C16H13ClN2O2S. The third kappa shape index (κ3) is 3.11. The molecule has 0 aliphatic rings. The largest absolute Gasteiger partial charge is 0.392 e. The van der Waals surface area contributed by atoms with Crippen LogP contribution < -0.4 is 5.32 Å². The number of benzene rings is 1. The molecule has 2 aromatic heterocycles. The van der Waals surface area contributed by atoms with Gasteiger partial charge in [0, 0.05) is 21.5 Å². The Bertz CT molecular complexity index is 832. The van der Waals surface area contributed by atoms with Gasteiger partial charge in [-0.15, -0.1) is 11.3 Å². The molecule has 3 aromatic rings. The number of hydrogen-bond donors (Lipinski definition) is 2. The number of anilines is 1. The number of rotatable bonds is 4. The molecule has 2 heterocycles. The summed E-state index contributed by atoms with van der Waals surface area (Å²) in [6.07, 6.45) is 3.36. The summed E-state index contributed by atoms with van der Waals surface area (Å²) < 4.78 is 1.10. The Morgan fingerprint density at radius 3 is 3.00 bits per heavy atom. The summed E-state index contributed by atoms with van der Waals surface area (Å²) in [5.74, 6) is -0.151. The Kier molecular flexibility index (Phi) is 4.38. The number of aliphatic hydroxyl groups is 1. The molecule has 0 aliphatic carbocycles.